The summed E-state index contributed by atoms with van der Waals surface area (Å²) in [7, 11) is -0.556. The highest BCUT2D eigenvalue weighted by Crippen LogP contribution is 2.39. The minimum absolute atomic E-state index is 0. The lowest BCUT2D eigenvalue weighted by molar-refractivity contribution is -0.144. The predicted molar refractivity (Wildman–Crippen MR) is 416 cm³/mol. The van der Waals surface area contributed by atoms with Crippen LogP contribution in [0, 0.1) is 35.2 Å². The number of alkyl halides is 6. The number of ether oxygens (including phenoxy) is 3. The fourth-order valence-corrected chi connectivity index (χ4v) is 14.5. The predicted octanol–water partition coefficient (Wildman–Crippen LogP) is 7.85. The third-order valence-electron chi connectivity index (χ3n) is 20.7. The lowest BCUT2D eigenvalue weighted by Gasteiger charge is -2.32. The molecule has 14 rings (SSSR count). The maximum atomic E-state index is 12.9. The number of benzene rings is 2. The Morgan fingerprint density at radius 2 is 0.918 bits per heavy atom. The molecule has 9 N–H and O–H groups in total. The lowest BCUT2D eigenvalue weighted by atomic mass is 9.76. The summed E-state index contributed by atoms with van der Waals surface area (Å²) >= 11 is 8.01. The number of hydrogen-bond donors (Lipinski definition) is 9. The molecule has 9 aliphatic rings. The fourth-order valence-electron chi connectivity index (χ4n) is 13.7. The molecule has 4 amide bonds. The summed E-state index contributed by atoms with van der Waals surface area (Å²) in [4.78, 5) is 51.6. The molecule has 0 spiro atoms. The maximum Gasteiger partial charge on any atom is 0.495 e. The molecule has 9 aliphatic heterocycles. The van der Waals surface area contributed by atoms with Crippen molar-refractivity contribution in [2.45, 2.75) is 127 Å². The zero-order valence-corrected chi connectivity index (χ0v) is 66.1. The molecule has 0 saturated carbocycles. The van der Waals surface area contributed by atoms with Crippen LogP contribution in [-0.4, -0.2) is 279 Å². The molecule has 0 unspecified atom stereocenters. The van der Waals surface area contributed by atoms with Gasteiger partial charge in [0.1, 0.15) is 29.1 Å². The molecular weight excluding hydrogens is 1610 g/mol. The molecule has 2 aromatic carbocycles. The first kappa shape index (κ1) is 87.8. The number of β-amino-alcohol motifs (C(OH)–C–C–N with tert-alkyl or cyclic N) is 6. The monoisotopic (exact) mass is 1710 g/mol. The Balaban J connectivity index is 0.000000172. The van der Waals surface area contributed by atoms with Crippen molar-refractivity contribution in [3.63, 3.8) is 0 Å². The van der Waals surface area contributed by atoms with Gasteiger partial charge in [0.25, 0.3) is 0 Å². The number of hydrogen-bond acceptors (Lipinski definition) is 22. The number of nitrogens with one attached hydrogen (secondary N) is 3. The second kappa shape index (κ2) is 38.8. The zero-order chi connectivity index (χ0) is 78.7. The third kappa shape index (κ3) is 24.7. The highest BCUT2D eigenvalue weighted by molar-refractivity contribution is 14.1. The second-order valence-electron chi connectivity index (χ2n) is 29.6. The van der Waals surface area contributed by atoms with Crippen LogP contribution in [0.4, 0.5) is 80.8 Å². The summed E-state index contributed by atoms with van der Waals surface area (Å²) in [5.41, 5.74) is 4.61. The first-order chi connectivity index (χ1) is 51.5. The number of aryl methyl sites for hydroxylation is 2. The summed E-state index contributed by atoms with van der Waals surface area (Å²) in [6, 6.07) is 20.9. The molecular formula is C73H100BCl2F7IN13O13. The molecule has 3 aromatic heterocycles. The van der Waals surface area contributed by atoms with Crippen molar-refractivity contribution in [3.8, 4) is 11.1 Å². The second-order valence-corrected chi connectivity index (χ2v) is 31.3. The van der Waals surface area contributed by atoms with E-state index in [1.807, 2.05) is 92.6 Å². The third-order valence-corrected chi connectivity index (χ3v) is 21.5. The highest BCUT2D eigenvalue weighted by atomic mass is 127. The number of amides is 4. The number of aliphatic hydroxyl groups is 6. The van der Waals surface area contributed by atoms with Gasteiger partial charge in [0.2, 0.25) is 5.95 Å². The minimum atomic E-state index is -4.24. The Bertz CT molecular complexity index is 3800. The average molecular weight is 1710 g/mol. The molecule has 110 heavy (non-hydrogen) atoms. The first-order valence-corrected chi connectivity index (χ1v) is 38.1. The maximum absolute atomic E-state index is 12.9. The number of rotatable bonds is 11. The van der Waals surface area contributed by atoms with E-state index in [0.717, 1.165) is 88.1 Å². The molecule has 9 fully saturated rings. The van der Waals surface area contributed by atoms with Gasteiger partial charge >= 0.3 is 31.5 Å². The van der Waals surface area contributed by atoms with Crippen LogP contribution in [0.1, 0.15) is 64.5 Å². The minimum Gasteiger partial charge on any atom is -0.399 e. The quantitative estimate of drug-likeness (QED) is 0.0263. The van der Waals surface area contributed by atoms with Gasteiger partial charge in [0.15, 0.2) is 0 Å². The Hall–Kier alpha value is -6.17. The van der Waals surface area contributed by atoms with E-state index in [1.165, 1.54) is 15.9 Å². The van der Waals surface area contributed by atoms with Crippen molar-refractivity contribution in [1.82, 2.24) is 30.1 Å². The van der Waals surface area contributed by atoms with E-state index < -0.39 is 110 Å². The standard InChI is InChI=1S/C27H34F3N5O4.C20H28BF3N2O3.C13H18IN3O3.C9H10ClFN2O.C4H9NO2.ClH/c1-17-2-3-20(31-26(38)34-5-4-18(14-34)13-27(28,29)30)12-21(17)19-10-24(33-6-8-39-9-7-33)32-25(11-19)35-15-22(36)23(37)16-35;1-13-6-7-15(10-16(13)21-28-18(2,3)19(4,5)29-21)25-17(27)26-9-8-14(12-26)11-20(22,23)24;14-9-5-12(16-1-3-20-4-2-16)15-13(6-9)17-7-10(18)11(19)8-17;10-7-5-8(11)12-9(6-7)13-1-3-14-4-2-13;6-3-1-5-2-4(3)7;/h2-3,10-12,18,22-23,36-37H,4-9,13-16H2,1H3,(H,31,38);6-7,10,14H,8-9,11-12H2,1-5H3,(H,25,27);5-6,10-11,18-19H,1-4,7-8H2;5-6H,1-4H2;3-7H,1-2H2;1H/t18-,22-,23-;14-;10-,11-;;3-,4-;/m000.0./s1. The SMILES string of the molecule is Cc1ccc(NC(=O)N2CC[C@@H](CC(F)(F)F)C2)cc1-c1cc(N2CCOCC2)nc(N2C[C@H](O)[C@@H](O)C2)c1.Cc1ccc(NC(=O)N2CC[C@@H](CC(F)(F)F)C2)cc1B1OC(C)(C)C(C)(C)O1.Cl.Fc1cc(Cl)cc(N2CCOCC2)n1.O[C@H]1CN(c2cc(I)cc(N3CCOCC3)n2)C[C@@H]1O.O[C@H]1CNC[C@@H]1O. The van der Waals surface area contributed by atoms with Gasteiger partial charge in [0.05, 0.1) is 87.5 Å². The van der Waals surface area contributed by atoms with E-state index >= 15 is 0 Å². The molecule has 0 radical (unpaired) electrons. The van der Waals surface area contributed by atoms with Crippen LogP contribution in [0.15, 0.2) is 72.8 Å². The fraction of sp³-hybridized carbons (Fsp3) is 0.603. The number of carbonyl (C=O) groups excluding carboxylic acids is 2. The molecule has 8 atom stereocenters. The number of pyridine rings is 3. The van der Waals surface area contributed by atoms with E-state index in [9.17, 15) is 60.7 Å². The Morgan fingerprint density at radius 1 is 0.536 bits per heavy atom. The number of likely N-dealkylation sites (tertiary alicyclic amines) is 2. The number of aliphatic hydroxyl groups excluding tert-OH is 6. The van der Waals surface area contributed by atoms with Crippen molar-refractivity contribution < 1.29 is 94.5 Å². The first-order valence-electron chi connectivity index (χ1n) is 36.6. The molecule has 37 heteroatoms. The van der Waals surface area contributed by atoms with Gasteiger partial charge in [-0.3, -0.25) is 0 Å². The number of urea groups is 2. The Labute approximate surface area is 660 Å². The zero-order valence-electron chi connectivity index (χ0n) is 62.3. The van der Waals surface area contributed by atoms with Gasteiger partial charge in [-0.25, -0.2) is 24.5 Å². The van der Waals surface area contributed by atoms with Crippen LogP contribution >= 0.6 is 46.6 Å². The molecule has 608 valence electrons. The van der Waals surface area contributed by atoms with E-state index in [0.29, 0.717) is 113 Å². The van der Waals surface area contributed by atoms with E-state index in [2.05, 4.69) is 64.4 Å². The van der Waals surface area contributed by atoms with Crippen LogP contribution in [0.2, 0.25) is 5.02 Å². The molecule has 0 bridgehead atoms. The van der Waals surface area contributed by atoms with E-state index in [4.69, 9.17) is 50.3 Å². The van der Waals surface area contributed by atoms with Crippen molar-refractivity contribution >= 4 is 112 Å². The van der Waals surface area contributed by atoms with Gasteiger partial charge in [-0.15, -0.1) is 12.4 Å². The van der Waals surface area contributed by atoms with Crippen molar-refractivity contribution in [3.05, 3.63) is 98.5 Å². The van der Waals surface area contributed by atoms with E-state index in [1.54, 1.807) is 24.3 Å². The molecule has 5 aromatic rings. The Kier molecular flexibility index (Phi) is 30.9. The number of carbonyl (C=O) groups is 2. The summed E-state index contributed by atoms with van der Waals surface area (Å²) in [6.45, 7) is 23.5. The summed E-state index contributed by atoms with van der Waals surface area (Å²) in [5.74, 6) is 2.05. The van der Waals surface area contributed by atoms with Gasteiger partial charge < -0.3 is 104 Å². The molecule has 26 nitrogen and oxygen atoms in total. The van der Waals surface area contributed by atoms with Crippen molar-refractivity contribution in [2.75, 3.05) is 179 Å². The topological polar surface area (TPSA) is 299 Å². The molecule has 0 aliphatic carbocycles. The van der Waals surface area contributed by atoms with Gasteiger partial charge in [-0.1, -0.05) is 29.3 Å². The van der Waals surface area contributed by atoms with Crippen LogP contribution in [0.3, 0.4) is 0 Å². The summed E-state index contributed by atoms with van der Waals surface area (Å²) in [6.07, 6.45) is -13.7. The molecule has 12 heterocycles. The summed E-state index contributed by atoms with van der Waals surface area (Å²) < 4.78 is 118. The van der Waals surface area contributed by atoms with Crippen molar-refractivity contribution in [2.24, 2.45) is 11.8 Å². The smallest absolute Gasteiger partial charge is 0.399 e. The van der Waals surface area contributed by atoms with Gasteiger partial charge in [-0.05, 0) is 166 Å². The largest absolute Gasteiger partial charge is 0.495 e. The van der Waals surface area contributed by atoms with Crippen LogP contribution in [0.25, 0.3) is 11.1 Å². The van der Waals surface area contributed by atoms with Crippen LogP contribution in [-0.2, 0) is 23.5 Å². The normalized spacial score (nSPS) is 24.5. The van der Waals surface area contributed by atoms with Gasteiger partial charge in [0, 0.05) is 144 Å². The number of nitrogens with zero attached hydrogens (tertiary/aromatic N) is 10. The summed E-state index contributed by atoms with van der Waals surface area (Å²) in [5, 5.41) is 65.8. The lowest BCUT2D eigenvalue weighted by Crippen LogP contribution is -2.41. The van der Waals surface area contributed by atoms with Crippen LogP contribution in [0.5, 0.6) is 0 Å². The van der Waals surface area contributed by atoms with Crippen molar-refractivity contribution in [1.29, 1.82) is 0 Å². The number of morpholine rings is 3. The average Bonchev–Trinajstić information content (AvgIpc) is 1.58. The number of aromatic nitrogens is 3. The van der Waals surface area contributed by atoms with E-state index in [-0.39, 0.29) is 45.1 Å². The van der Waals surface area contributed by atoms with Gasteiger partial charge in [-0.2, -0.15) is 30.7 Å². The number of halogens is 10. The molecule has 9 saturated heterocycles. The van der Waals surface area contributed by atoms with Crippen LogP contribution < -0.4 is 45.9 Å². The number of anilines is 7. The Morgan fingerprint density at radius 3 is 1.32 bits per heavy atom. The highest BCUT2D eigenvalue weighted by Gasteiger charge is 2.52.